The summed E-state index contributed by atoms with van der Waals surface area (Å²) in [4.78, 5) is 19.6. The third-order valence-corrected chi connectivity index (χ3v) is 4.33. The van der Waals surface area contributed by atoms with E-state index in [9.17, 15) is 19.8 Å². The molecule has 0 radical (unpaired) electrons. The molecule has 0 aromatic carbocycles. The minimum absolute atomic E-state index is 0. The van der Waals surface area contributed by atoms with E-state index in [1.165, 1.54) is 83.5 Å². The van der Waals surface area contributed by atoms with Gasteiger partial charge in [0.2, 0.25) is 0 Å². The summed E-state index contributed by atoms with van der Waals surface area (Å²) in [5, 5.41) is 27.5. The maximum atomic E-state index is 10.2. The molecule has 0 saturated heterocycles. The second kappa shape index (κ2) is 25.6. The summed E-state index contributed by atoms with van der Waals surface area (Å²) in [6.45, 7) is 3.40. The zero-order valence-electron chi connectivity index (χ0n) is 17.5. The minimum atomic E-state index is -1.44. The van der Waals surface area contributed by atoms with Crippen LogP contribution in [0.15, 0.2) is 0 Å². The van der Waals surface area contributed by atoms with E-state index >= 15 is 0 Å². The van der Waals surface area contributed by atoms with E-state index in [1.54, 1.807) is 0 Å². The maximum absolute atomic E-state index is 10.2. The maximum Gasteiger partial charge on any atom is 2.00 e. The third kappa shape index (κ3) is 33.6. The number of carboxylic acids is 2. The molecule has 0 aromatic heterocycles. The van der Waals surface area contributed by atoms with Crippen LogP contribution in [0.5, 0.6) is 0 Å². The van der Waals surface area contributed by atoms with Gasteiger partial charge in [-0.2, -0.15) is 0 Å². The van der Waals surface area contributed by atoms with Gasteiger partial charge >= 0.3 is 21.7 Å². The molecule has 0 fully saturated rings. The topological polar surface area (TPSA) is 100 Å². The van der Waals surface area contributed by atoms with Crippen molar-refractivity contribution in [2.75, 3.05) is 0 Å². The molecule has 0 aliphatic rings. The Labute approximate surface area is 181 Å². The van der Waals surface area contributed by atoms with Crippen LogP contribution in [0, 0.1) is 0 Å². The van der Waals surface area contributed by atoms with Crippen LogP contribution in [0.1, 0.15) is 117 Å². The van der Waals surface area contributed by atoms with E-state index in [4.69, 9.17) is 5.11 Å². The first-order chi connectivity index (χ1) is 12.4. The van der Waals surface area contributed by atoms with Crippen molar-refractivity contribution in [1.82, 2.24) is 0 Å². The number of unbranched alkanes of at least 4 members (excludes halogenated alkanes) is 14. The molecule has 6 heteroatoms. The zero-order chi connectivity index (χ0) is 20.0. The number of hydrogen-bond acceptors (Lipinski definition) is 5. The van der Waals surface area contributed by atoms with Crippen molar-refractivity contribution in [1.29, 1.82) is 0 Å². The molecule has 0 spiro atoms. The van der Waals surface area contributed by atoms with E-state index in [0.29, 0.717) is 0 Å². The first kappa shape index (κ1) is 31.3. The Hall–Kier alpha value is -0.386. The van der Waals surface area contributed by atoms with Crippen molar-refractivity contribution >= 4 is 11.9 Å². The first-order valence-corrected chi connectivity index (χ1v) is 10.5. The summed E-state index contributed by atoms with van der Waals surface area (Å²) in [6.07, 6.45) is 18.5. The van der Waals surface area contributed by atoms with Gasteiger partial charge in [0.1, 0.15) is 0 Å². The van der Waals surface area contributed by atoms with Gasteiger partial charge in [-0.05, 0) is 19.8 Å². The van der Waals surface area contributed by atoms with Crippen LogP contribution in [-0.2, 0) is 31.3 Å². The number of carbonyl (C=O) groups excluding carboxylic acids is 2. The van der Waals surface area contributed by atoms with Gasteiger partial charge in [0, 0.05) is 5.97 Å². The van der Waals surface area contributed by atoms with Gasteiger partial charge in [-0.25, -0.2) is 0 Å². The summed E-state index contributed by atoms with van der Waals surface area (Å²) in [6, 6.07) is 0. The van der Waals surface area contributed by atoms with Gasteiger partial charge in [-0.3, -0.25) is 0 Å². The van der Waals surface area contributed by atoms with Crippen LogP contribution in [-0.4, -0.2) is 23.1 Å². The van der Waals surface area contributed by atoms with Crippen LogP contribution >= 0.6 is 0 Å². The Balaban J connectivity index is -0.000000709. The van der Waals surface area contributed by atoms with Crippen molar-refractivity contribution < 1.29 is 46.6 Å². The standard InChI is InChI=1S/C18H36O2.C3H6O3.Ti/c1-2-3-4-5-6-7-8-9-10-11-12-13-14-15-16-17-18(19)20;1-2(4)3(5)6;/h2-17H2,1H3,(H,19,20);2,4H,1H3,(H,5,6);/q;;+2/p-2. The molecular formula is C21H40O5Ti. The van der Waals surface area contributed by atoms with Gasteiger partial charge in [-0.15, -0.1) is 0 Å². The number of aliphatic hydroxyl groups is 1. The second-order valence-electron chi connectivity index (χ2n) is 7.07. The SMILES string of the molecule is CC(O)C(=O)[O-].CCCCCCCCCCCCCCCCCC(=O)[O-].[Ti+2]. The van der Waals surface area contributed by atoms with Gasteiger partial charge < -0.3 is 24.9 Å². The Morgan fingerprint density at radius 2 is 0.963 bits per heavy atom. The molecule has 0 heterocycles. The Kier molecular flexibility index (Phi) is 29.7. The van der Waals surface area contributed by atoms with E-state index < -0.39 is 18.0 Å². The first-order valence-electron chi connectivity index (χ1n) is 10.5. The smallest absolute Gasteiger partial charge is 0.550 e. The van der Waals surface area contributed by atoms with Gasteiger partial charge in [-0.1, -0.05) is 96.8 Å². The van der Waals surface area contributed by atoms with Crippen LogP contribution < -0.4 is 10.2 Å². The second-order valence-corrected chi connectivity index (χ2v) is 7.07. The van der Waals surface area contributed by atoms with Gasteiger partial charge in [0.05, 0.1) is 12.1 Å². The molecule has 0 aliphatic heterocycles. The summed E-state index contributed by atoms with van der Waals surface area (Å²) < 4.78 is 0. The Morgan fingerprint density at radius 1 is 0.704 bits per heavy atom. The van der Waals surface area contributed by atoms with E-state index in [0.717, 1.165) is 19.8 Å². The van der Waals surface area contributed by atoms with Crippen molar-refractivity contribution in [2.45, 2.75) is 123 Å². The van der Waals surface area contributed by atoms with Crippen molar-refractivity contribution in [2.24, 2.45) is 0 Å². The van der Waals surface area contributed by atoms with Crippen molar-refractivity contribution in [3.05, 3.63) is 0 Å². The molecule has 0 aliphatic carbocycles. The molecule has 5 nitrogen and oxygen atoms in total. The summed E-state index contributed by atoms with van der Waals surface area (Å²) in [5.41, 5.74) is 0. The fraction of sp³-hybridized carbons (Fsp3) is 0.905. The number of hydrogen-bond donors (Lipinski definition) is 1. The van der Waals surface area contributed by atoms with Crippen molar-refractivity contribution in [3.63, 3.8) is 0 Å². The normalized spacial score (nSPS) is 11.1. The summed E-state index contributed by atoms with van der Waals surface area (Å²) in [7, 11) is 0. The molecule has 1 atom stereocenters. The van der Waals surface area contributed by atoms with Crippen LogP contribution in [0.4, 0.5) is 0 Å². The summed E-state index contributed by atoms with van der Waals surface area (Å²) >= 11 is 0. The largest absolute Gasteiger partial charge is 2.00 e. The minimum Gasteiger partial charge on any atom is -0.550 e. The number of carbonyl (C=O) groups is 2. The molecule has 0 amide bonds. The summed E-state index contributed by atoms with van der Waals surface area (Å²) in [5.74, 6) is -2.34. The predicted molar refractivity (Wildman–Crippen MR) is 101 cm³/mol. The van der Waals surface area contributed by atoms with Crippen molar-refractivity contribution in [3.8, 4) is 0 Å². The monoisotopic (exact) mass is 420 g/mol. The molecule has 0 aromatic rings. The zero-order valence-corrected chi connectivity index (χ0v) is 19.0. The van der Waals surface area contributed by atoms with Gasteiger partial charge in [0.25, 0.3) is 0 Å². The Bertz CT molecular complexity index is 322. The van der Waals surface area contributed by atoms with E-state index in [-0.39, 0.29) is 28.1 Å². The predicted octanol–water partition coefficient (Wildman–Crippen LogP) is 3.11. The molecule has 1 N–H and O–H groups in total. The molecule has 27 heavy (non-hydrogen) atoms. The van der Waals surface area contributed by atoms with Crippen LogP contribution in [0.2, 0.25) is 0 Å². The Morgan fingerprint density at radius 3 is 1.19 bits per heavy atom. The average molecular weight is 420 g/mol. The molecular weight excluding hydrogens is 380 g/mol. The fourth-order valence-electron chi connectivity index (χ4n) is 2.64. The molecule has 0 bridgehead atoms. The van der Waals surface area contributed by atoms with Gasteiger partial charge in [0.15, 0.2) is 0 Å². The molecule has 158 valence electrons. The van der Waals surface area contributed by atoms with E-state index in [1.807, 2.05) is 0 Å². The number of aliphatic carboxylic acids is 2. The molecule has 0 saturated carbocycles. The van der Waals surface area contributed by atoms with Crippen LogP contribution in [0.3, 0.4) is 0 Å². The fourth-order valence-corrected chi connectivity index (χ4v) is 2.64. The van der Waals surface area contributed by atoms with Crippen LogP contribution in [0.25, 0.3) is 0 Å². The van der Waals surface area contributed by atoms with E-state index in [2.05, 4.69) is 6.92 Å². The number of carboxylic acid groups (broad SMARTS) is 2. The quantitative estimate of drug-likeness (QED) is 0.288. The number of rotatable bonds is 17. The third-order valence-electron chi connectivity index (χ3n) is 4.33. The number of aliphatic hydroxyl groups excluding tert-OH is 1. The average Bonchev–Trinajstić information content (AvgIpc) is 2.58. The molecule has 0 rings (SSSR count). The molecule has 1 unspecified atom stereocenters.